The summed E-state index contributed by atoms with van der Waals surface area (Å²) in [5.74, 6) is -1.37. The Balaban J connectivity index is 2.47. The molecule has 0 atom stereocenters. The van der Waals surface area contributed by atoms with Crippen LogP contribution < -0.4 is 4.90 Å². The van der Waals surface area contributed by atoms with Crippen molar-refractivity contribution in [1.29, 1.82) is 0 Å². The van der Waals surface area contributed by atoms with Gasteiger partial charge in [0.25, 0.3) is 0 Å². The molecule has 0 saturated carbocycles. The summed E-state index contributed by atoms with van der Waals surface area (Å²) < 4.78 is 39.0. The third-order valence-corrected chi connectivity index (χ3v) is 2.95. The van der Waals surface area contributed by atoms with Gasteiger partial charge in [-0.05, 0) is 24.6 Å². The van der Waals surface area contributed by atoms with Crippen molar-refractivity contribution in [3.05, 3.63) is 41.5 Å². The van der Waals surface area contributed by atoms with Gasteiger partial charge in [-0.25, -0.2) is 4.79 Å². The first kappa shape index (κ1) is 13.5. The maximum atomic E-state index is 13.0. The zero-order chi connectivity index (χ0) is 14.0. The number of hydrogen-bond donors (Lipinski definition) is 1. The van der Waals surface area contributed by atoms with Gasteiger partial charge in [-0.3, -0.25) is 0 Å². The molecule has 0 amide bonds. The number of benzene rings is 1. The van der Waals surface area contributed by atoms with Gasteiger partial charge in [0.15, 0.2) is 0 Å². The van der Waals surface area contributed by atoms with E-state index in [1.165, 1.54) is 12.1 Å². The highest BCUT2D eigenvalue weighted by atomic mass is 19.4. The molecule has 1 aliphatic heterocycles. The number of hydrogen-bond acceptors (Lipinski definition) is 2. The lowest BCUT2D eigenvalue weighted by Crippen LogP contribution is -2.29. The average molecular weight is 271 g/mol. The van der Waals surface area contributed by atoms with Crippen molar-refractivity contribution in [3.8, 4) is 0 Å². The number of rotatable bonds is 2. The van der Waals surface area contributed by atoms with E-state index in [1.807, 2.05) is 6.08 Å². The maximum absolute atomic E-state index is 13.0. The zero-order valence-corrected chi connectivity index (χ0v) is 9.94. The molecule has 0 bridgehead atoms. The quantitative estimate of drug-likeness (QED) is 0.840. The van der Waals surface area contributed by atoms with E-state index in [9.17, 15) is 18.0 Å². The van der Waals surface area contributed by atoms with Gasteiger partial charge in [-0.1, -0.05) is 12.2 Å². The minimum absolute atomic E-state index is 0.0295. The Morgan fingerprint density at radius 1 is 1.26 bits per heavy atom. The molecule has 0 radical (unpaired) electrons. The van der Waals surface area contributed by atoms with Gasteiger partial charge in [-0.15, -0.1) is 0 Å². The first-order chi connectivity index (χ1) is 8.89. The zero-order valence-electron chi connectivity index (χ0n) is 9.94. The molecule has 19 heavy (non-hydrogen) atoms. The SMILES string of the molecule is O=C(O)c1ccc(N2CC=CCC2)c(C(F)(F)F)c1. The summed E-state index contributed by atoms with van der Waals surface area (Å²) in [4.78, 5) is 12.4. The molecule has 0 spiro atoms. The topological polar surface area (TPSA) is 40.5 Å². The molecule has 0 aromatic heterocycles. The fourth-order valence-electron chi connectivity index (χ4n) is 2.03. The molecule has 2 rings (SSSR count). The van der Waals surface area contributed by atoms with Crippen LogP contribution in [0.15, 0.2) is 30.4 Å². The van der Waals surface area contributed by atoms with Crippen LogP contribution in [0, 0.1) is 0 Å². The molecule has 1 aliphatic rings. The highest BCUT2D eigenvalue weighted by Gasteiger charge is 2.35. The standard InChI is InChI=1S/C13H12F3NO2/c14-13(15,16)10-8-9(12(18)19)4-5-11(10)17-6-2-1-3-7-17/h1-2,4-5,8H,3,6-7H2,(H,18,19). The van der Waals surface area contributed by atoms with E-state index in [-0.39, 0.29) is 11.3 Å². The van der Waals surface area contributed by atoms with Crippen molar-refractivity contribution in [2.24, 2.45) is 0 Å². The van der Waals surface area contributed by atoms with Crippen LogP contribution >= 0.6 is 0 Å². The van der Waals surface area contributed by atoms with Gasteiger partial charge in [0, 0.05) is 18.8 Å². The molecule has 1 heterocycles. The third kappa shape index (κ3) is 2.89. The van der Waals surface area contributed by atoms with Crippen LogP contribution in [0.4, 0.5) is 18.9 Å². The Morgan fingerprint density at radius 3 is 2.53 bits per heavy atom. The lowest BCUT2D eigenvalue weighted by Gasteiger charge is -2.28. The number of nitrogens with zero attached hydrogens (tertiary/aromatic N) is 1. The number of aromatic carboxylic acids is 1. The highest BCUT2D eigenvalue weighted by molar-refractivity contribution is 5.88. The smallest absolute Gasteiger partial charge is 0.418 e. The largest absolute Gasteiger partial charge is 0.478 e. The summed E-state index contributed by atoms with van der Waals surface area (Å²) in [6.45, 7) is 0.890. The number of carboxylic acids is 1. The van der Waals surface area contributed by atoms with Crippen LogP contribution in [-0.4, -0.2) is 24.2 Å². The lowest BCUT2D eigenvalue weighted by molar-refractivity contribution is -0.137. The predicted octanol–water partition coefficient (Wildman–Crippen LogP) is 3.17. The third-order valence-electron chi connectivity index (χ3n) is 2.95. The molecule has 102 valence electrons. The number of alkyl halides is 3. The van der Waals surface area contributed by atoms with E-state index in [1.54, 1.807) is 11.0 Å². The molecular formula is C13H12F3NO2. The number of anilines is 1. The van der Waals surface area contributed by atoms with E-state index in [4.69, 9.17) is 5.11 Å². The Hall–Kier alpha value is -1.98. The van der Waals surface area contributed by atoms with E-state index < -0.39 is 17.7 Å². The van der Waals surface area contributed by atoms with Crippen molar-refractivity contribution < 1.29 is 23.1 Å². The number of carbonyl (C=O) groups is 1. The van der Waals surface area contributed by atoms with Crippen molar-refractivity contribution >= 4 is 11.7 Å². The van der Waals surface area contributed by atoms with Crippen molar-refractivity contribution in [2.75, 3.05) is 18.0 Å². The Morgan fingerprint density at radius 2 is 2.00 bits per heavy atom. The second-order valence-electron chi connectivity index (χ2n) is 4.24. The van der Waals surface area contributed by atoms with Crippen LogP contribution in [-0.2, 0) is 6.18 Å². The normalized spacial score (nSPS) is 15.6. The Kier molecular flexibility index (Phi) is 3.50. The fourth-order valence-corrected chi connectivity index (χ4v) is 2.03. The summed E-state index contributed by atoms with van der Waals surface area (Å²) in [5, 5.41) is 8.78. The molecular weight excluding hydrogens is 259 g/mol. The monoisotopic (exact) mass is 271 g/mol. The lowest BCUT2D eigenvalue weighted by atomic mass is 10.1. The predicted molar refractivity (Wildman–Crippen MR) is 64.4 cm³/mol. The molecule has 1 aromatic carbocycles. The summed E-state index contributed by atoms with van der Waals surface area (Å²) in [7, 11) is 0. The molecule has 3 nitrogen and oxygen atoms in total. The summed E-state index contributed by atoms with van der Waals surface area (Å²) >= 11 is 0. The van der Waals surface area contributed by atoms with Gasteiger partial charge in [-0.2, -0.15) is 13.2 Å². The van der Waals surface area contributed by atoms with Gasteiger partial charge in [0.2, 0.25) is 0 Å². The van der Waals surface area contributed by atoms with Gasteiger partial charge in [0.1, 0.15) is 0 Å². The molecule has 1 aromatic rings. The first-order valence-corrected chi connectivity index (χ1v) is 5.74. The Bertz CT molecular complexity index is 523. The van der Waals surface area contributed by atoms with E-state index in [2.05, 4.69) is 0 Å². The highest BCUT2D eigenvalue weighted by Crippen LogP contribution is 2.37. The molecule has 0 unspecified atom stereocenters. The van der Waals surface area contributed by atoms with Gasteiger partial charge >= 0.3 is 12.1 Å². The molecule has 0 fully saturated rings. The van der Waals surface area contributed by atoms with Gasteiger partial charge < -0.3 is 10.0 Å². The summed E-state index contributed by atoms with van der Waals surface area (Å²) in [6, 6.07) is 3.12. The van der Waals surface area contributed by atoms with E-state index in [0.717, 1.165) is 0 Å². The minimum atomic E-state index is -4.57. The van der Waals surface area contributed by atoms with Gasteiger partial charge in [0.05, 0.1) is 11.1 Å². The van der Waals surface area contributed by atoms with Crippen LogP contribution in [0.25, 0.3) is 0 Å². The van der Waals surface area contributed by atoms with Crippen molar-refractivity contribution in [1.82, 2.24) is 0 Å². The minimum Gasteiger partial charge on any atom is -0.478 e. The summed E-state index contributed by atoms with van der Waals surface area (Å²) in [5.41, 5.74) is -1.23. The second kappa shape index (κ2) is 4.95. The van der Waals surface area contributed by atoms with Crippen LogP contribution in [0.2, 0.25) is 0 Å². The molecule has 0 saturated heterocycles. The number of carboxylic acid groups (broad SMARTS) is 1. The second-order valence-corrected chi connectivity index (χ2v) is 4.24. The molecule has 0 aliphatic carbocycles. The fraction of sp³-hybridized carbons (Fsp3) is 0.308. The number of halogens is 3. The molecule has 6 heteroatoms. The van der Waals surface area contributed by atoms with Crippen molar-refractivity contribution in [2.45, 2.75) is 12.6 Å². The van der Waals surface area contributed by atoms with Crippen molar-refractivity contribution in [3.63, 3.8) is 0 Å². The summed E-state index contributed by atoms with van der Waals surface area (Å²) in [6.07, 6.45) is -0.177. The van der Waals surface area contributed by atoms with Crippen LogP contribution in [0.3, 0.4) is 0 Å². The van der Waals surface area contributed by atoms with Crippen LogP contribution in [0.5, 0.6) is 0 Å². The Labute approximate surface area is 108 Å². The molecule has 1 N–H and O–H groups in total. The van der Waals surface area contributed by atoms with Crippen LogP contribution in [0.1, 0.15) is 22.3 Å². The van der Waals surface area contributed by atoms with E-state index >= 15 is 0 Å². The average Bonchev–Trinajstić information content (AvgIpc) is 2.38. The van der Waals surface area contributed by atoms with E-state index in [0.29, 0.717) is 25.6 Å². The maximum Gasteiger partial charge on any atom is 0.418 e. The first-order valence-electron chi connectivity index (χ1n) is 5.74.